The highest BCUT2D eigenvalue weighted by Gasteiger charge is 2.09. The summed E-state index contributed by atoms with van der Waals surface area (Å²) >= 11 is 0. The molecule has 0 aliphatic heterocycles. The van der Waals surface area contributed by atoms with Crippen molar-refractivity contribution in [2.75, 3.05) is 6.54 Å². The lowest BCUT2D eigenvalue weighted by molar-refractivity contribution is -0.136. The van der Waals surface area contributed by atoms with Gasteiger partial charge in [-0.25, -0.2) is 0 Å². The molecule has 0 saturated carbocycles. The Morgan fingerprint density at radius 3 is 2.53 bits per heavy atom. The maximum atomic E-state index is 11.4. The molecule has 0 unspecified atom stereocenters. The average molecular weight is 209 g/mol. The fourth-order valence-electron chi connectivity index (χ4n) is 1.04. The number of aromatic hydroxyl groups is 1. The van der Waals surface area contributed by atoms with Crippen molar-refractivity contribution in [2.45, 2.75) is 6.42 Å². The predicted molar refractivity (Wildman–Crippen MR) is 52.7 cm³/mol. The Labute approximate surface area is 86.4 Å². The number of amides is 1. The van der Waals surface area contributed by atoms with Crippen LogP contribution in [-0.2, 0) is 4.79 Å². The van der Waals surface area contributed by atoms with Crippen molar-refractivity contribution >= 4 is 11.9 Å². The summed E-state index contributed by atoms with van der Waals surface area (Å²) in [5, 5.41) is 20.1. The molecule has 1 aromatic carbocycles. The standard InChI is InChI=1S/C10H11NO4/c12-8-4-2-1-3-7(8)10(15)11-6-5-9(13)14/h1-4,12H,5-6H2,(H,11,15)(H,13,14). The number of hydrogen-bond donors (Lipinski definition) is 3. The van der Waals surface area contributed by atoms with Crippen LogP contribution in [0.2, 0.25) is 0 Å². The van der Waals surface area contributed by atoms with E-state index in [1.165, 1.54) is 12.1 Å². The monoisotopic (exact) mass is 209 g/mol. The SMILES string of the molecule is O=C(O)CCNC(=O)c1ccccc1O. The first-order valence-electron chi connectivity index (χ1n) is 4.39. The van der Waals surface area contributed by atoms with Crippen molar-refractivity contribution in [2.24, 2.45) is 0 Å². The lowest BCUT2D eigenvalue weighted by Gasteiger charge is -2.04. The Bertz CT molecular complexity index is 375. The van der Waals surface area contributed by atoms with Crippen LogP contribution in [0.3, 0.4) is 0 Å². The van der Waals surface area contributed by atoms with Gasteiger partial charge in [-0.3, -0.25) is 9.59 Å². The third-order valence-corrected chi connectivity index (χ3v) is 1.77. The molecule has 5 nitrogen and oxygen atoms in total. The molecule has 0 aliphatic carbocycles. The summed E-state index contributed by atoms with van der Waals surface area (Å²) in [5.41, 5.74) is 0.142. The highest BCUT2D eigenvalue weighted by Crippen LogP contribution is 2.14. The Balaban J connectivity index is 2.54. The summed E-state index contributed by atoms with van der Waals surface area (Å²) in [5.74, 6) is -1.58. The molecule has 0 atom stereocenters. The van der Waals surface area contributed by atoms with E-state index in [9.17, 15) is 14.7 Å². The molecular weight excluding hydrogens is 198 g/mol. The molecule has 3 N–H and O–H groups in total. The van der Waals surface area contributed by atoms with E-state index in [0.29, 0.717) is 0 Å². The van der Waals surface area contributed by atoms with Gasteiger partial charge in [-0.1, -0.05) is 12.1 Å². The van der Waals surface area contributed by atoms with Crippen LogP contribution in [-0.4, -0.2) is 28.6 Å². The Morgan fingerprint density at radius 2 is 1.93 bits per heavy atom. The molecule has 0 radical (unpaired) electrons. The van der Waals surface area contributed by atoms with Gasteiger partial charge in [0, 0.05) is 6.54 Å². The van der Waals surface area contributed by atoms with E-state index in [1.807, 2.05) is 0 Å². The summed E-state index contributed by atoms with van der Waals surface area (Å²) in [4.78, 5) is 21.6. The zero-order chi connectivity index (χ0) is 11.3. The molecule has 0 saturated heterocycles. The highest BCUT2D eigenvalue weighted by atomic mass is 16.4. The molecule has 0 aliphatic rings. The van der Waals surface area contributed by atoms with Gasteiger partial charge in [0.25, 0.3) is 5.91 Å². The van der Waals surface area contributed by atoms with E-state index in [2.05, 4.69) is 5.32 Å². The fourth-order valence-corrected chi connectivity index (χ4v) is 1.04. The number of phenolic OH excluding ortho intramolecular Hbond substituents is 1. The van der Waals surface area contributed by atoms with Gasteiger partial charge in [0.05, 0.1) is 12.0 Å². The third kappa shape index (κ3) is 3.30. The first kappa shape index (κ1) is 11.0. The van der Waals surface area contributed by atoms with Crippen LogP contribution in [0.5, 0.6) is 5.75 Å². The number of phenols is 1. The number of carboxylic acid groups (broad SMARTS) is 1. The van der Waals surface area contributed by atoms with Crippen molar-refractivity contribution in [1.82, 2.24) is 5.32 Å². The second-order valence-electron chi connectivity index (χ2n) is 2.92. The van der Waals surface area contributed by atoms with E-state index in [4.69, 9.17) is 5.11 Å². The molecule has 0 spiro atoms. The number of para-hydroxylation sites is 1. The lowest BCUT2D eigenvalue weighted by Crippen LogP contribution is -2.25. The molecule has 0 aromatic heterocycles. The van der Waals surface area contributed by atoms with Gasteiger partial charge in [-0.05, 0) is 12.1 Å². The normalized spacial score (nSPS) is 9.60. The smallest absolute Gasteiger partial charge is 0.305 e. The molecule has 1 aromatic rings. The Hall–Kier alpha value is -2.04. The molecule has 1 amide bonds. The van der Waals surface area contributed by atoms with Crippen LogP contribution in [0.25, 0.3) is 0 Å². The molecule has 0 bridgehead atoms. The van der Waals surface area contributed by atoms with E-state index in [1.54, 1.807) is 12.1 Å². The first-order valence-corrected chi connectivity index (χ1v) is 4.39. The van der Waals surface area contributed by atoms with Gasteiger partial charge < -0.3 is 15.5 Å². The Morgan fingerprint density at radius 1 is 1.27 bits per heavy atom. The highest BCUT2D eigenvalue weighted by molar-refractivity contribution is 5.96. The van der Waals surface area contributed by atoms with Gasteiger partial charge in [-0.15, -0.1) is 0 Å². The second-order valence-corrected chi connectivity index (χ2v) is 2.92. The summed E-state index contributed by atoms with van der Waals surface area (Å²) in [6, 6.07) is 6.08. The molecule has 15 heavy (non-hydrogen) atoms. The van der Waals surface area contributed by atoms with Crippen LogP contribution in [0.1, 0.15) is 16.8 Å². The molecule has 1 rings (SSSR count). The van der Waals surface area contributed by atoms with Gasteiger partial charge in [0.2, 0.25) is 0 Å². The van der Waals surface area contributed by atoms with Crippen LogP contribution in [0.15, 0.2) is 24.3 Å². The van der Waals surface area contributed by atoms with Crippen molar-refractivity contribution in [3.05, 3.63) is 29.8 Å². The number of rotatable bonds is 4. The summed E-state index contributed by atoms with van der Waals surface area (Å²) in [7, 11) is 0. The quantitative estimate of drug-likeness (QED) is 0.677. The minimum atomic E-state index is -0.979. The van der Waals surface area contributed by atoms with Crippen molar-refractivity contribution in [3.63, 3.8) is 0 Å². The number of carbonyl (C=O) groups excluding carboxylic acids is 1. The largest absolute Gasteiger partial charge is 0.507 e. The zero-order valence-electron chi connectivity index (χ0n) is 7.93. The maximum Gasteiger partial charge on any atom is 0.305 e. The minimum Gasteiger partial charge on any atom is -0.507 e. The van der Waals surface area contributed by atoms with Crippen LogP contribution in [0, 0.1) is 0 Å². The molecule has 0 fully saturated rings. The van der Waals surface area contributed by atoms with Crippen molar-refractivity contribution in [3.8, 4) is 5.75 Å². The van der Waals surface area contributed by atoms with E-state index < -0.39 is 11.9 Å². The van der Waals surface area contributed by atoms with Gasteiger partial charge in [0.1, 0.15) is 5.75 Å². The van der Waals surface area contributed by atoms with E-state index in [0.717, 1.165) is 0 Å². The summed E-state index contributed by atoms with van der Waals surface area (Å²) in [6.07, 6.45) is -0.140. The summed E-state index contributed by atoms with van der Waals surface area (Å²) in [6.45, 7) is 0.0441. The van der Waals surface area contributed by atoms with E-state index >= 15 is 0 Å². The number of carboxylic acids is 1. The zero-order valence-corrected chi connectivity index (χ0v) is 7.93. The minimum absolute atomic E-state index is 0.0441. The Kier molecular flexibility index (Phi) is 3.68. The van der Waals surface area contributed by atoms with Crippen LogP contribution >= 0.6 is 0 Å². The number of hydrogen-bond acceptors (Lipinski definition) is 3. The van der Waals surface area contributed by atoms with E-state index in [-0.39, 0.29) is 24.3 Å². The molecule has 80 valence electrons. The van der Waals surface area contributed by atoms with Gasteiger partial charge in [-0.2, -0.15) is 0 Å². The topological polar surface area (TPSA) is 86.6 Å². The predicted octanol–water partition coefficient (Wildman–Crippen LogP) is 0.597. The second kappa shape index (κ2) is 4.99. The third-order valence-electron chi connectivity index (χ3n) is 1.77. The maximum absolute atomic E-state index is 11.4. The van der Waals surface area contributed by atoms with Crippen molar-refractivity contribution < 1.29 is 19.8 Å². The number of carbonyl (C=O) groups is 2. The molecule has 5 heteroatoms. The molecular formula is C10H11NO4. The van der Waals surface area contributed by atoms with Gasteiger partial charge >= 0.3 is 5.97 Å². The first-order chi connectivity index (χ1) is 7.11. The fraction of sp³-hybridized carbons (Fsp3) is 0.200. The van der Waals surface area contributed by atoms with Gasteiger partial charge in [0.15, 0.2) is 0 Å². The average Bonchev–Trinajstić information content (AvgIpc) is 2.17. The molecule has 0 heterocycles. The van der Waals surface area contributed by atoms with Crippen LogP contribution < -0.4 is 5.32 Å². The van der Waals surface area contributed by atoms with Crippen molar-refractivity contribution in [1.29, 1.82) is 0 Å². The number of nitrogens with one attached hydrogen (secondary N) is 1. The summed E-state index contributed by atoms with van der Waals surface area (Å²) < 4.78 is 0. The number of benzene rings is 1. The lowest BCUT2D eigenvalue weighted by atomic mass is 10.2. The number of aliphatic carboxylic acids is 1. The van der Waals surface area contributed by atoms with Crippen LogP contribution in [0.4, 0.5) is 0 Å².